The van der Waals surface area contributed by atoms with E-state index in [1.54, 1.807) is 0 Å². The average Bonchev–Trinajstić information content (AvgIpc) is 3.03. The Morgan fingerprint density at radius 1 is 1.37 bits per heavy atom. The molecule has 3 nitrogen and oxygen atoms in total. The molecule has 0 radical (unpaired) electrons. The second-order valence-corrected chi connectivity index (χ2v) is 5.78. The van der Waals surface area contributed by atoms with Crippen molar-refractivity contribution in [2.75, 3.05) is 6.61 Å². The normalized spacial score (nSPS) is 25.1. The average molecular weight is 259 g/mol. The SMILES string of the molecule is NC1CCC(C(=O)CCc2ccc3c(c2)CCO3)C1. The Hall–Kier alpha value is -1.35. The van der Waals surface area contributed by atoms with E-state index in [1.165, 1.54) is 11.1 Å². The van der Waals surface area contributed by atoms with Crippen molar-refractivity contribution in [2.45, 2.75) is 44.6 Å². The van der Waals surface area contributed by atoms with Crippen LogP contribution in [-0.4, -0.2) is 18.4 Å². The second kappa shape index (κ2) is 5.33. The van der Waals surface area contributed by atoms with Gasteiger partial charge in [-0.1, -0.05) is 12.1 Å². The number of Topliss-reactive ketones (excluding diaryl/α,β-unsaturated/α-hetero) is 1. The molecular weight excluding hydrogens is 238 g/mol. The first-order valence-electron chi connectivity index (χ1n) is 7.25. The number of ketones is 1. The van der Waals surface area contributed by atoms with Crippen LogP contribution in [0.4, 0.5) is 0 Å². The van der Waals surface area contributed by atoms with E-state index in [9.17, 15) is 4.79 Å². The van der Waals surface area contributed by atoms with Gasteiger partial charge >= 0.3 is 0 Å². The lowest BCUT2D eigenvalue weighted by Gasteiger charge is -2.09. The van der Waals surface area contributed by atoms with Gasteiger partial charge in [-0.15, -0.1) is 0 Å². The highest BCUT2D eigenvalue weighted by molar-refractivity contribution is 5.81. The fourth-order valence-corrected chi connectivity index (χ4v) is 3.18. The summed E-state index contributed by atoms with van der Waals surface area (Å²) < 4.78 is 5.49. The van der Waals surface area contributed by atoms with E-state index >= 15 is 0 Å². The van der Waals surface area contributed by atoms with Gasteiger partial charge in [0.25, 0.3) is 0 Å². The maximum Gasteiger partial charge on any atom is 0.136 e. The molecule has 0 amide bonds. The molecule has 1 saturated carbocycles. The van der Waals surface area contributed by atoms with Crippen LogP contribution in [0.25, 0.3) is 0 Å². The van der Waals surface area contributed by atoms with E-state index in [-0.39, 0.29) is 12.0 Å². The van der Waals surface area contributed by atoms with Crippen molar-refractivity contribution >= 4 is 5.78 Å². The van der Waals surface area contributed by atoms with Crippen LogP contribution in [0.5, 0.6) is 5.75 Å². The lowest BCUT2D eigenvalue weighted by Crippen LogP contribution is -2.18. The molecule has 1 aromatic carbocycles. The minimum absolute atomic E-state index is 0.216. The Kier molecular flexibility index (Phi) is 3.56. The van der Waals surface area contributed by atoms with Crippen LogP contribution in [0, 0.1) is 5.92 Å². The van der Waals surface area contributed by atoms with Crippen LogP contribution in [0.1, 0.15) is 36.8 Å². The van der Waals surface area contributed by atoms with Gasteiger partial charge in [0, 0.05) is 24.8 Å². The number of hydrogen-bond donors (Lipinski definition) is 1. The molecule has 2 unspecified atom stereocenters. The first kappa shape index (κ1) is 12.7. The summed E-state index contributed by atoms with van der Waals surface area (Å²) in [7, 11) is 0. The highest BCUT2D eigenvalue weighted by Gasteiger charge is 2.27. The number of ether oxygens (including phenoxy) is 1. The molecule has 2 N–H and O–H groups in total. The number of hydrogen-bond acceptors (Lipinski definition) is 3. The molecule has 1 aliphatic heterocycles. The maximum atomic E-state index is 12.1. The van der Waals surface area contributed by atoms with Gasteiger partial charge in [-0.05, 0) is 42.9 Å². The van der Waals surface area contributed by atoms with Crippen LogP contribution >= 0.6 is 0 Å². The third-order valence-corrected chi connectivity index (χ3v) is 4.34. The summed E-state index contributed by atoms with van der Waals surface area (Å²) >= 11 is 0. The fraction of sp³-hybridized carbons (Fsp3) is 0.562. The predicted molar refractivity (Wildman–Crippen MR) is 74.3 cm³/mol. The van der Waals surface area contributed by atoms with Crippen molar-refractivity contribution in [3.63, 3.8) is 0 Å². The van der Waals surface area contributed by atoms with Gasteiger partial charge in [-0.25, -0.2) is 0 Å². The molecule has 2 atom stereocenters. The third kappa shape index (κ3) is 2.81. The maximum absolute atomic E-state index is 12.1. The van der Waals surface area contributed by atoms with E-state index < -0.39 is 0 Å². The first-order valence-corrected chi connectivity index (χ1v) is 7.25. The van der Waals surface area contributed by atoms with Crippen LogP contribution in [0.2, 0.25) is 0 Å². The molecule has 1 heterocycles. The summed E-state index contributed by atoms with van der Waals surface area (Å²) in [5, 5.41) is 0. The van der Waals surface area contributed by atoms with Gasteiger partial charge in [-0.2, -0.15) is 0 Å². The van der Waals surface area contributed by atoms with E-state index in [0.717, 1.165) is 44.5 Å². The molecule has 1 aromatic rings. The van der Waals surface area contributed by atoms with Crippen LogP contribution < -0.4 is 10.5 Å². The Balaban J connectivity index is 1.56. The molecule has 0 spiro atoms. The smallest absolute Gasteiger partial charge is 0.136 e. The molecule has 3 rings (SSSR count). The predicted octanol–water partition coefficient (Wildman–Crippen LogP) is 2.25. The molecular formula is C16H21NO2. The van der Waals surface area contributed by atoms with E-state index in [0.29, 0.717) is 12.2 Å². The standard InChI is InChI=1S/C16H21NO2/c17-14-4-3-12(10-14)15(18)5-1-11-2-6-16-13(9-11)7-8-19-16/h2,6,9,12,14H,1,3-5,7-8,10,17H2. The highest BCUT2D eigenvalue weighted by Crippen LogP contribution is 2.28. The summed E-state index contributed by atoms with van der Waals surface area (Å²) in [6.07, 6.45) is 5.37. The summed E-state index contributed by atoms with van der Waals surface area (Å²) in [5.41, 5.74) is 8.40. The number of nitrogens with two attached hydrogens (primary N) is 1. The molecule has 3 heteroatoms. The number of rotatable bonds is 4. The molecule has 0 bridgehead atoms. The summed E-state index contributed by atoms with van der Waals surface area (Å²) in [4.78, 5) is 12.1. The van der Waals surface area contributed by atoms with Gasteiger partial charge in [0.15, 0.2) is 0 Å². The summed E-state index contributed by atoms with van der Waals surface area (Å²) in [6, 6.07) is 6.55. The van der Waals surface area contributed by atoms with Gasteiger partial charge < -0.3 is 10.5 Å². The number of carbonyl (C=O) groups excluding carboxylic acids is 1. The van der Waals surface area contributed by atoms with Crippen LogP contribution in [0.15, 0.2) is 18.2 Å². The summed E-state index contributed by atoms with van der Waals surface area (Å²) in [5.74, 6) is 1.62. The number of aryl methyl sites for hydroxylation is 1. The molecule has 1 fully saturated rings. The topological polar surface area (TPSA) is 52.3 Å². The zero-order valence-corrected chi connectivity index (χ0v) is 11.2. The van der Waals surface area contributed by atoms with Crippen molar-refractivity contribution in [1.29, 1.82) is 0 Å². The molecule has 1 aliphatic carbocycles. The number of fused-ring (bicyclic) bond motifs is 1. The van der Waals surface area contributed by atoms with Gasteiger partial charge in [0.1, 0.15) is 11.5 Å². The fourth-order valence-electron chi connectivity index (χ4n) is 3.18. The highest BCUT2D eigenvalue weighted by atomic mass is 16.5. The Morgan fingerprint density at radius 2 is 2.26 bits per heavy atom. The van der Waals surface area contributed by atoms with Crippen molar-refractivity contribution in [1.82, 2.24) is 0 Å². The van der Waals surface area contributed by atoms with Crippen LogP contribution in [-0.2, 0) is 17.6 Å². The monoisotopic (exact) mass is 259 g/mol. The molecule has 102 valence electrons. The van der Waals surface area contributed by atoms with Crippen molar-refractivity contribution in [3.8, 4) is 5.75 Å². The molecule has 0 saturated heterocycles. The lowest BCUT2D eigenvalue weighted by molar-refractivity contribution is -0.122. The largest absolute Gasteiger partial charge is 0.493 e. The van der Waals surface area contributed by atoms with E-state index in [4.69, 9.17) is 10.5 Å². The van der Waals surface area contributed by atoms with Crippen molar-refractivity contribution < 1.29 is 9.53 Å². The first-order chi connectivity index (χ1) is 9.22. The third-order valence-electron chi connectivity index (χ3n) is 4.34. The van der Waals surface area contributed by atoms with Gasteiger partial charge in [0.05, 0.1) is 6.61 Å². The minimum atomic E-state index is 0.216. The zero-order chi connectivity index (χ0) is 13.2. The van der Waals surface area contributed by atoms with E-state index in [2.05, 4.69) is 12.1 Å². The quantitative estimate of drug-likeness (QED) is 0.902. The number of benzene rings is 1. The lowest BCUT2D eigenvalue weighted by atomic mass is 9.96. The number of carbonyl (C=O) groups is 1. The summed E-state index contributed by atoms with van der Waals surface area (Å²) in [6.45, 7) is 0.789. The van der Waals surface area contributed by atoms with Crippen molar-refractivity contribution in [3.05, 3.63) is 29.3 Å². The molecule has 0 aromatic heterocycles. The van der Waals surface area contributed by atoms with Gasteiger partial charge in [0.2, 0.25) is 0 Å². The minimum Gasteiger partial charge on any atom is -0.493 e. The van der Waals surface area contributed by atoms with Crippen LogP contribution in [0.3, 0.4) is 0 Å². The second-order valence-electron chi connectivity index (χ2n) is 5.78. The zero-order valence-electron chi connectivity index (χ0n) is 11.2. The molecule has 19 heavy (non-hydrogen) atoms. The molecule has 2 aliphatic rings. The van der Waals surface area contributed by atoms with Gasteiger partial charge in [-0.3, -0.25) is 4.79 Å². The Labute approximate surface area is 114 Å². The Morgan fingerprint density at radius 3 is 3.05 bits per heavy atom. The van der Waals surface area contributed by atoms with E-state index in [1.807, 2.05) is 6.07 Å². The Bertz CT molecular complexity index is 484. The van der Waals surface area contributed by atoms with Crippen molar-refractivity contribution in [2.24, 2.45) is 11.7 Å².